The number of hydrogen-bond acceptors (Lipinski definition) is 4. The molecule has 2 heterocycles. The van der Waals surface area contributed by atoms with Crippen LogP contribution < -0.4 is 0 Å². The van der Waals surface area contributed by atoms with E-state index in [9.17, 15) is 0 Å². The third-order valence-corrected chi connectivity index (χ3v) is 4.53. The molecule has 0 aliphatic carbocycles. The van der Waals surface area contributed by atoms with E-state index in [-0.39, 0.29) is 5.41 Å². The third-order valence-electron chi connectivity index (χ3n) is 3.09. The molecule has 5 heteroatoms. The second kappa shape index (κ2) is 5.46. The molecule has 0 aliphatic heterocycles. The van der Waals surface area contributed by atoms with Gasteiger partial charge < -0.3 is 0 Å². The van der Waals surface area contributed by atoms with Gasteiger partial charge in [-0.25, -0.2) is 15.0 Å². The maximum atomic E-state index is 4.70. The Morgan fingerprint density at radius 1 is 1.10 bits per heavy atom. The monoisotopic (exact) mass is 361 g/mol. The maximum absolute atomic E-state index is 4.70. The van der Waals surface area contributed by atoms with E-state index in [1.54, 1.807) is 11.3 Å². The van der Waals surface area contributed by atoms with E-state index in [1.165, 1.54) is 4.70 Å². The van der Waals surface area contributed by atoms with Gasteiger partial charge in [0, 0.05) is 11.8 Å². The van der Waals surface area contributed by atoms with Gasteiger partial charge in [0.05, 0.1) is 20.9 Å². The molecule has 3 aromatic rings. The molecule has 108 valence electrons. The van der Waals surface area contributed by atoms with Gasteiger partial charge in [0.2, 0.25) is 0 Å². The van der Waals surface area contributed by atoms with Crippen molar-refractivity contribution >= 4 is 37.5 Å². The summed E-state index contributed by atoms with van der Waals surface area (Å²) in [6, 6.07) is 10.2. The van der Waals surface area contributed by atoms with Crippen LogP contribution in [0.1, 0.15) is 37.3 Å². The lowest BCUT2D eigenvalue weighted by Gasteiger charge is -2.17. The van der Waals surface area contributed by atoms with Crippen LogP contribution in [-0.2, 0) is 11.8 Å². The van der Waals surface area contributed by atoms with Crippen LogP contribution in [0.4, 0.5) is 0 Å². The van der Waals surface area contributed by atoms with Crippen molar-refractivity contribution in [1.82, 2.24) is 15.0 Å². The standard InChI is InChI=1S/C16H16BrN3S/c1-16(2,3)15-18-10(8-13(17)20-15)9-14-19-11-6-4-5-7-12(11)21-14/h4-8H,9H2,1-3H3. The van der Waals surface area contributed by atoms with Crippen LogP contribution in [0.2, 0.25) is 0 Å². The van der Waals surface area contributed by atoms with E-state index in [0.29, 0.717) is 0 Å². The molecule has 0 aliphatic rings. The summed E-state index contributed by atoms with van der Waals surface area (Å²) in [5.41, 5.74) is 1.99. The van der Waals surface area contributed by atoms with E-state index in [0.717, 1.165) is 33.1 Å². The van der Waals surface area contributed by atoms with Gasteiger partial charge in [-0.3, -0.25) is 0 Å². The summed E-state index contributed by atoms with van der Waals surface area (Å²) in [7, 11) is 0. The van der Waals surface area contributed by atoms with Crippen molar-refractivity contribution in [2.75, 3.05) is 0 Å². The van der Waals surface area contributed by atoms with Gasteiger partial charge in [0.1, 0.15) is 10.4 Å². The van der Waals surface area contributed by atoms with Crippen molar-refractivity contribution in [2.24, 2.45) is 0 Å². The number of benzene rings is 1. The first-order chi connectivity index (χ1) is 9.91. The molecule has 0 atom stereocenters. The van der Waals surface area contributed by atoms with E-state index in [2.05, 4.69) is 52.7 Å². The zero-order valence-electron chi connectivity index (χ0n) is 12.2. The number of fused-ring (bicyclic) bond motifs is 1. The smallest absolute Gasteiger partial charge is 0.135 e. The summed E-state index contributed by atoms with van der Waals surface area (Å²) in [6.07, 6.45) is 0.740. The van der Waals surface area contributed by atoms with Crippen LogP contribution >= 0.6 is 27.3 Å². The lowest BCUT2D eigenvalue weighted by molar-refractivity contribution is 0.540. The highest BCUT2D eigenvalue weighted by Crippen LogP contribution is 2.25. The van der Waals surface area contributed by atoms with Crippen molar-refractivity contribution in [3.63, 3.8) is 0 Å². The summed E-state index contributed by atoms with van der Waals surface area (Å²) < 4.78 is 2.05. The molecule has 2 aromatic heterocycles. The minimum atomic E-state index is -0.0634. The molecule has 0 amide bonds. The number of hydrogen-bond donors (Lipinski definition) is 0. The maximum Gasteiger partial charge on any atom is 0.135 e. The van der Waals surface area contributed by atoms with Gasteiger partial charge in [-0.1, -0.05) is 32.9 Å². The Kier molecular flexibility index (Phi) is 3.80. The summed E-state index contributed by atoms with van der Waals surface area (Å²) in [5, 5.41) is 1.08. The Hall–Kier alpha value is -1.33. The topological polar surface area (TPSA) is 38.7 Å². The van der Waals surface area contributed by atoms with Crippen LogP contribution in [0.15, 0.2) is 34.9 Å². The number of nitrogens with zero attached hydrogens (tertiary/aromatic N) is 3. The van der Waals surface area contributed by atoms with Crippen LogP contribution in [-0.4, -0.2) is 15.0 Å². The molecule has 0 spiro atoms. The quantitative estimate of drug-likeness (QED) is 0.618. The molecular formula is C16H16BrN3S. The molecule has 0 radical (unpaired) electrons. The van der Waals surface area contributed by atoms with Gasteiger partial charge in [-0.15, -0.1) is 11.3 Å². The number of halogens is 1. The summed E-state index contributed by atoms with van der Waals surface area (Å²) in [4.78, 5) is 13.8. The molecule has 3 nitrogen and oxygen atoms in total. The van der Waals surface area contributed by atoms with Gasteiger partial charge in [-0.2, -0.15) is 0 Å². The van der Waals surface area contributed by atoms with Gasteiger partial charge in [0.15, 0.2) is 0 Å². The number of rotatable bonds is 2. The fourth-order valence-electron chi connectivity index (χ4n) is 2.04. The molecule has 0 saturated heterocycles. The zero-order valence-corrected chi connectivity index (χ0v) is 14.6. The Morgan fingerprint density at radius 3 is 2.57 bits per heavy atom. The number of thiazole rings is 1. The van der Waals surface area contributed by atoms with E-state index in [1.807, 2.05) is 24.3 Å². The highest BCUT2D eigenvalue weighted by molar-refractivity contribution is 9.10. The average Bonchev–Trinajstić information content (AvgIpc) is 2.79. The Balaban J connectivity index is 1.95. The predicted octanol–water partition coefficient (Wildman–Crippen LogP) is 4.74. The molecular weight excluding hydrogens is 346 g/mol. The van der Waals surface area contributed by atoms with Crippen molar-refractivity contribution in [3.05, 3.63) is 51.5 Å². The summed E-state index contributed by atoms with van der Waals surface area (Å²) >= 11 is 5.21. The Labute approximate surface area is 136 Å². The molecule has 0 unspecified atom stereocenters. The highest BCUT2D eigenvalue weighted by Gasteiger charge is 2.19. The Bertz CT molecular complexity index is 757. The first-order valence-corrected chi connectivity index (χ1v) is 8.41. The van der Waals surface area contributed by atoms with Crippen LogP contribution in [0.3, 0.4) is 0 Å². The third kappa shape index (κ3) is 3.30. The fraction of sp³-hybridized carbons (Fsp3) is 0.312. The SMILES string of the molecule is CC(C)(C)c1nc(Br)cc(Cc2nc3ccccc3s2)n1. The van der Waals surface area contributed by atoms with Crippen LogP contribution in [0, 0.1) is 0 Å². The molecule has 0 saturated carbocycles. The molecule has 21 heavy (non-hydrogen) atoms. The Morgan fingerprint density at radius 2 is 1.86 bits per heavy atom. The average molecular weight is 362 g/mol. The number of para-hydroxylation sites is 1. The van der Waals surface area contributed by atoms with Crippen LogP contribution in [0.5, 0.6) is 0 Å². The molecule has 3 rings (SSSR count). The first kappa shape index (κ1) is 14.6. The molecule has 1 aromatic carbocycles. The fourth-order valence-corrected chi connectivity index (χ4v) is 3.46. The normalized spacial score (nSPS) is 12.0. The minimum Gasteiger partial charge on any atom is -0.241 e. The highest BCUT2D eigenvalue weighted by atomic mass is 79.9. The second-order valence-corrected chi connectivity index (χ2v) is 7.94. The van der Waals surface area contributed by atoms with Gasteiger partial charge >= 0.3 is 0 Å². The minimum absolute atomic E-state index is 0.0634. The van der Waals surface area contributed by atoms with Gasteiger partial charge in [-0.05, 0) is 34.1 Å². The van der Waals surface area contributed by atoms with E-state index < -0.39 is 0 Å². The van der Waals surface area contributed by atoms with Crippen molar-refractivity contribution < 1.29 is 0 Å². The van der Waals surface area contributed by atoms with Gasteiger partial charge in [0.25, 0.3) is 0 Å². The van der Waals surface area contributed by atoms with Crippen molar-refractivity contribution in [1.29, 1.82) is 0 Å². The summed E-state index contributed by atoms with van der Waals surface area (Å²) in [6.45, 7) is 6.36. The van der Waals surface area contributed by atoms with Crippen molar-refractivity contribution in [3.8, 4) is 0 Å². The first-order valence-electron chi connectivity index (χ1n) is 6.80. The zero-order chi connectivity index (χ0) is 15.0. The lowest BCUT2D eigenvalue weighted by Crippen LogP contribution is -2.17. The molecule has 0 N–H and O–H groups in total. The van der Waals surface area contributed by atoms with Crippen LogP contribution in [0.25, 0.3) is 10.2 Å². The summed E-state index contributed by atoms with van der Waals surface area (Å²) in [5.74, 6) is 0.855. The lowest BCUT2D eigenvalue weighted by atomic mass is 9.95. The largest absolute Gasteiger partial charge is 0.241 e. The molecule has 0 bridgehead atoms. The van der Waals surface area contributed by atoms with E-state index >= 15 is 0 Å². The van der Waals surface area contributed by atoms with Crippen molar-refractivity contribution in [2.45, 2.75) is 32.6 Å². The second-order valence-electron chi connectivity index (χ2n) is 6.01. The molecule has 0 fully saturated rings. The van der Waals surface area contributed by atoms with E-state index in [4.69, 9.17) is 4.98 Å². The predicted molar refractivity (Wildman–Crippen MR) is 90.9 cm³/mol. The number of aromatic nitrogens is 3.